The summed E-state index contributed by atoms with van der Waals surface area (Å²) in [6, 6.07) is 5.77. The molecule has 0 fully saturated rings. The summed E-state index contributed by atoms with van der Waals surface area (Å²) in [6.07, 6.45) is 5.87. The van der Waals surface area contributed by atoms with E-state index in [-0.39, 0.29) is 5.91 Å². The third-order valence-electron chi connectivity index (χ3n) is 5.60. The van der Waals surface area contributed by atoms with Crippen LogP contribution in [0.4, 0.5) is 5.69 Å². The van der Waals surface area contributed by atoms with Gasteiger partial charge in [-0.25, -0.2) is 0 Å². The molecule has 0 bridgehead atoms. The van der Waals surface area contributed by atoms with Gasteiger partial charge in [0.1, 0.15) is 0 Å². The van der Waals surface area contributed by atoms with Gasteiger partial charge in [0.05, 0.1) is 29.5 Å². The summed E-state index contributed by atoms with van der Waals surface area (Å²) in [4.78, 5) is 15.1. The molecule has 2 heterocycles. The third-order valence-corrected chi connectivity index (χ3v) is 5.60. The normalized spacial score (nSPS) is 16.0. The molecule has 1 aliphatic heterocycles. The zero-order valence-electron chi connectivity index (χ0n) is 16.6. The number of amides is 1. The Morgan fingerprint density at radius 3 is 3.03 bits per heavy atom. The van der Waals surface area contributed by atoms with Gasteiger partial charge in [0.2, 0.25) is 0 Å². The summed E-state index contributed by atoms with van der Waals surface area (Å²) in [6.45, 7) is 3.82. The topological polar surface area (TPSA) is 108 Å². The van der Waals surface area contributed by atoms with E-state index in [9.17, 15) is 4.79 Å². The number of nitrogen functional groups attached to an aromatic ring is 1. The maximum atomic E-state index is 13.2. The number of hydrogen-bond acceptors (Lipinski definition) is 5. The van der Waals surface area contributed by atoms with Gasteiger partial charge >= 0.3 is 0 Å². The number of unbranched alkanes of at least 4 members (excludes halogenated alkanes) is 1. The minimum absolute atomic E-state index is 0.0491. The van der Waals surface area contributed by atoms with Crippen LogP contribution in [0.25, 0.3) is 10.9 Å². The second-order valence-corrected chi connectivity index (χ2v) is 7.52. The Hall–Kier alpha value is -3.27. The lowest BCUT2D eigenvalue weighted by Crippen LogP contribution is -2.30. The molecule has 0 spiro atoms. The van der Waals surface area contributed by atoms with Crippen molar-refractivity contribution in [3.63, 3.8) is 0 Å². The average molecular weight is 391 g/mol. The average Bonchev–Trinajstić information content (AvgIpc) is 3.33. The molecule has 0 radical (unpaired) electrons. The summed E-state index contributed by atoms with van der Waals surface area (Å²) in [7, 11) is 0. The number of anilines is 1. The van der Waals surface area contributed by atoms with Crippen LogP contribution < -0.4 is 5.73 Å². The van der Waals surface area contributed by atoms with Gasteiger partial charge in [0.25, 0.3) is 5.91 Å². The molecule has 1 aliphatic carbocycles. The van der Waals surface area contributed by atoms with Gasteiger partial charge in [-0.1, -0.05) is 6.92 Å². The second-order valence-electron chi connectivity index (χ2n) is 7.52. The number of aryl methyl sites for hydroxylation is 1. The summed E-state index contributed by atoms with van der Waals surface area (Å²) in [5.41, 5.74) is 11.4. The largest absolute Gasteiger partial charge is 0.498 e. The standard InChI is InChI=1S/C22H25N5O2/c1-2-20-18-10-17(19(24)11-21(18)26-25-20)22(28)27-12-14-5-6-16(9-15(14)13-27)29-8-4-3-7-23/h9-11H,2-6,8,12-13,24H2,1H3,(H,25,26). The van der Waals surface area contributed by atoms with E-state index < -0.39 is 0 Å². The lowest BCUT2D eigenvalue weighted by atomic mass is 9.99. The lowest BCUT2D eigenvalue weighted by molar-refractivity contribution is 0.0797. The van der Waals surface area contributed by atoms with E-state index >= 15 is 0 Å². The Morgan fingerprint density at radius 2 is 2.24 bits per heavy atom. The van der Waals surface area contributed by atoms with Crippen molar-refractivity contribution in [2.45, 2.75) is 39.0 Å². The number of ether oxygens (including phenoxy) is 1. The maximum Gasteiger partial charge on any atom is 0.256 e. The fourth-order valence-electron chi connectivity index (χ4n) is 4.00. The molecule has 0 saturated carbocycles. The summed E-state index contributed by atoms with van der Waals surface area (Å²) in [5.74, 6) is 0.898. The van der Waals surface area contributed by atoms with Crippen molar-refractivity contribution in [1.82, 2.24) is 15.1 Å². The van der Waals surface area contributed by atoms with E-state index in [4.69, 9.17) is 15.7 Å². The molecule has 7 heteroatoms. The molecule has 1 amide bonds. The number of aromatic nitrogens is 2. The number of carbonyl (C=O) groups excluding carboxylic acids is 1. The number of rotatable bonds is 6. The smallest absolute Gasteiger partial charge is 0.256 e. The van der Waals surface area contributed by atoms with Crippen molar-refractivity contribution in [3.8, 4) is 6.07 Å². The van der Waals surface area contributed by atoms with Crippen molar-refractivity contribution < 1.29 is 9.53 Å². The molecular weight excluding hydrogens is 366 g/mol. The zero-order chi connectivity index (χ0) is 20.4. The number of hydrogen-bond donors (Lipinski definition) is 2. The van der Waals surface area contributed by atoms with Gasteiger partial charge in [-0.2, -0.15) is 10.4 Å². The highest BCUT2D eigenvalue weighted by molar-refractivity contribution is 6.04. The molecule has 3 N–H and O–H groups in total. The highest BCUT2D eigenvalue weighted by atomic mass is 16.5. The quantitative estimate of drug-likeness (QED) is 0.579. The lowest BCUT2D eigenvalue weighted by Gasteiger charge is -2.18. The Balaban J connectivity index is 1.48. The van der Waals surface area contributed by atoms with Gasteiger partial charge in [-0.15, -0.1) is 0 Å². The Morgan fingerprint density at radius 1 is 1.38 bits per heavy atom. The van der Waals surface area contributed by atoms with Crippen LogP contribution in [0.3, 0.4) is 0 Å². The van der Waals surface area contributed by atoms with Crippen molar-refractivity contribution >= 4 is 22.5 Å². The molecule has 0 unspecified atom stereocenters. The van der Waals surface area contributed by atoms with E-state index in [2.05, 4.69) is 29.3 Å². The Kier molecular flexibility index (Phi) is 5.26. The number of carbonyl (C=O) groups is 1. The predicted molar refractivity (Wildman–Crippen MR) is 111 cm³/mol. The van der Waals surface area contributed by atoms with E-state index in [0.29, 0.717) is 37.4 Å². The molecule has 0 saturated heterocycles. The van der Waals surface area contributed by atoms with Crippen molar-refractivity contribution in [1.29, 1.82) is 5.26 Å². The molecule has 4 rings (SSSR count). The van der Waals surface area contributed by atoms with Gasteiger partial charge in [0.15, 0.2) is 0 Å². The maximum absolute atomic E-state index is 13.2. The van der Waals surface area contributed by atoms with Gasteiger partial charge < -0.3 is 15.4 Å². The van der Waals surface area contributed by atoms with Crippen LogP contribution in [0, 0.1) is 11.3 Å². The molecular formula is C22H25N5O2. The van der Waals surface area contributed by atoms with E-state index in [1.165, 1.54) is 5.57 Å². The molecule has 1 aromatic carbocycles. The van der Waals surface area contributed by atoms with Crippen molar-refractivity contribution in [2.24, 2.45) is 0 Å². The summed E-state index contributed by atoms with van der Waals surface area (Å²) < 4.78 is 5.80. The number of nitrogens with zero attached hydrogens (tertiary/aromatic N) is 3. The number of nitrogens with two attached hydrogens (primary N) is 1. The van der Waals surface area contributed by atoms with Crippen LogP contribution in [0.2, 0.25) is 0 Å². The first-order chi connectivity index (χ1) is 14.1. The molecule has 29 heavy (non-hydrogen) atoms. The SMILES string of the molecule is CCc1[nH]nc2cc(N)c(C(=O)N3CC4=C(CCC(OCCCC#N)=C4)C3)cc12. The summed E-state index contributed by atoms with van der Waals surface area (Å²) >= 11 is 0. The fourth-order valence-corrected chi connectivity index (χ4v) is 4.00. The van der Waals surface area contributed by atoms with Crippen LogP contribution in [-0.2, 0) is 11.2 Å². The number of aromatic amines is 1. The first-order valence-electron chi connectivity index (χ1n) is 10.1. The van der Waals surface area contributed by atoms with Crippen LogP contribution in [0.5, 0.6) is 0 Å². The minimum Gasteiger partial charge on any atom is -0.498 e. The van der Waals surface area contributed by atoms with Crippen LogP contribution in [0.15, 0.2) is 35.1 Å². The van der Waals surface area contributed by atoms with Crippen molar-refractivity contribution in [2.75, 3.05) is 25.4 Å². The number of fused-ring (bicyclic) bond motifs is 1. The zero-order valence-corrected chi connectivity index (χ0v) is 16.6. The molecule has 150 valence electrons. The Labute approximate surface area is 169 Å². The van der Waals surface area contributed by atoms with Gasteiger partial charge in [-0.3, -0.25) is 9.89 Å². The monoisotopic (exact) mass is 391 g/mol. The highest BCUT2D eigenvalue weighted by Gasteiger charge is 2.29. The predicted octanol–water partition coefficient (Wildman–Crippen LogP) is 3.46. The molecule has 1 aromatic heterocycles. The second kappa shape index (κ2) is 8.00. The number of H-pyrrole nitrogens is 1. The first kappa shape index (κ1) is 19.1. The number of benzene rings is 1. The van der Waals surface area contributed by atoms with E-state index in [1.807, 2.05) is 11.0 Å². The molecule has 7 nitrogen and oxygen atoms in total. The third kappa shape index (κ3) is 3.70. The van der Waals surface area contributed by atoms with Gasteiger partial charge in [-0.05, 0) is 48.6 Å². The summed E-state index contributed by atoms with van der Waals surface area (Å²) in [5, 5.41) is 16.9. The minimum atomic E-state index is -0.0491. The number of nitriles is 1. The first-order valence-corrected chi connectivity index (χ1v) is 10.1. The van der Waals surface area contributed by atoms with E-state index in [0.717, 1.165) is 53.6 Å². The van der Waals surface area contributed by atoms with Crippen LogP contribution in [-0.4, -0.2) is 40.7 Å². The van der Waals surface area contributed by atoms with E-state index in [1.54, 1.807) is 6.07 Å². The molecule has 0 atom stereocenters. The Bertz CT molecular complexity index is 1060. The highest BCUT2D eigenvalue weighted by Crippen LogP contribution is 2.32. The number of allylic oxidation sites excluding steroid dienone is 1. The van der Waals surface area contributed by atoms with Crippen LogP contribution >= 0.6 is 0 Å². The molecule has 2 aromatic rings. The van der Waals surface area contributed by atoms with Crippen molar-refractivity contribution in [3.05, 3.63) is 46.4 Å². The fraction of sp³-hybridized carbons (Fsp3) is 0.409. The molecule has 2 aliphatic rings. The number of nitrogens with one attached hydrogen (secondary N) is 1. The van der Waals surface area contributed by atoms with Crippen LogP contribution in [0.1, 0.15) is 48.7 Å². The van der Waals surface area contributed by atoms with Gasteiger partial charge in [0, 0.05) is 42.7 Å².